The Hall–Kier alpha value is -4.99. The smallest absolute Gasteiger partial charge is 0.266 e. The van der Waals surface area contributed by atoms with Crippen molar-refractivity contribution in [2.75, 3.05) is 29.3 Å². The first-order valence-electron chi connectivity index (χ1n) is 13.5. The Labute approximate surface area is 255 Å². The molecule has 3 amide bonds. The largest absolute Gasteiger partial charge is 0.486 e. The quantitative estimate of drug-likeness (QED) is 0.162. The molecular formula is C33H31ClN4O5. The van der Waals surface area contributed by atoms with E-state index >= 15 is 0 Å². The number of halogens is 1. The molecule has 3 aromatic carbocycles. The van der Waals surface area contributed by atoms with Gasteiger partial charge in [-0.15, -0.1) is 0 Å². The highest BCUT2D eigenvalue weighted by Crippen LogP contribution is 2.30. The van der Waals surface area contributed by atoms with Gasteiger partial charge in [0.1, 0.15) is 12.4 Å². The highest BCUT2D eigenvalue weighted by molar-refractivity contribution is 6.34. The number of imide groups is 1. The number of aromatic nitrogens is 1. The normalized spacial score (nSPS) is 12.3. The van der Waals surface area contributed by atoms with Gasteiger partial charge < -0.3 is 20.1 Å². The Balaban J connectivity index is 0.000000996. The van der Waals surface area contributed by atoms with Crippen molar-refractivity contribution < 1.29 is 23.9 Å². The molecule has 0 saturated carbocycles. The number of hydrogen-bond donors (Lipinski definition) is 2. The molecule has 0 bridgehead atoms. The number of fused-ring (bicyclic) bond motifs is 1. The summed E-state index contributed by atoms with van der Waals surface area (Å²) in [5, 5.41) is 6.22. The number of rotatable bonds is 9. The fourth-order valence-corrected chi connectivity index (χ4v) is 4.18. The Bertz CT molecular complexity index is 1590. The van der Waals surface area contributed by atoms with Crippen LogP contribution in [0.5, 0.6) is 5.75 Å². The van der Waals surface area contributed by atoms with Gasteiger partial charge in [0, 0.05) is 43.1 Å². The van der Waals surface area contributed by atoms with Crippen LogP contribution in [0, 0.1) is 0 Å². The average molecular weight is 599 g/mol. The number of amides is 3. The lowest BCUT2D eigenvalue weighted by Gasteiger charge is -2.14. The lowest BCUT2D eigenvalue weighted by Crippen LogP contribution is -2.29. The third-order valence-electron chi connectivity index (χ3n) is 6.31. The monoisotopic (exact) mass is 598 g/mol. The molecule has 0 fully saturated rings. The van der Waals surface area contributed by atoms with Gasteiger partial charge in [-0.1, -0.05) is 29.8 Å². The number of methoxy groups -OCH3 is 1. The van der Waals surface area contributed by atoms with Gasteiger partial charge in [0.15, 0.2) is 0 Å². The van der Waals surface area contributed by atoms with Crippen LogP contribution in [-0.4, -0.2) is 36.4 Å². The van der Waals surface area contributed by atoms with Crippen molar-refractivity contribution in [3.63, 3.8) is 0 Å². The number of nitrogens with one attached hydrogen (secondary N) is 2. The van der Waals surface area contributed by atoms with Crippen molar-refractivity contribution >= 4 is 46.4 Å². The second-order valence-corrected chi connectivity index (χ2v) is 9.70. The number of carbonyl (C=O) groups excluding carboxylic acids is 3. The molecule has 0 aliphatic carbocycles. The van der Waals surface area contributed by atoms with E-state index in [-0.39, 0.29) is 24.3 Å². The summed E-state index contributed by atoms with van der Waals surface area (Å²) in [6, 6.07) is 24.1. The molecule has 9 nitrogen and oxygen atoms in total. The third-order valence-corrected chi connectivity index (χ3v) is 6.61. The van der Waals surface area contributed by atoms with E-state index in [1.165, 1.54) is 0 Å². The van der Waals surface area contributed by atoms with Crippen molar-refractivity contribution in [2.45, 2.75) is 20.5 Å². The van der Waals surface area contributed by atoms with Gasteiger partial charge in [-0.05, 0) is 80.6 Å². The summed E-state index contributed by atoms with van der Waals surface area (Å²) < 4.78 is 10.3. The Kier molecular flexibility index (Phi) is 10.6. The van der Waals surface area contributed by atoms with E-state index in [0.717, 1.165) is 17.2 Å². The molecule has 4 aromatic rings. The van der Waals surface area contributed by atoms with Gasteiger partial charge in [-0.3, -0.25) is 19.4 Å². The van der Waals surface area contributed by atoms with Crippen molar-refractivity contribution in [2.24, 2.45) is 0 Å². The summed E-state index contributed by atoms with van der Waals surface area (Å²) in [7, 11) is 1.68. The Morgan fingerprint density at radius 3 is 2.14 bits per heavy atom. The molecule has 220 valence electrons. The van der Waals surface area contributed by atoms with Crippen LogP contribution in [-0.2, 0) is 16.1 Å². The molecule has 5 rings (SSSR count). The van der Waals surface area contributed by atoms with Crippen LogP contribution in [0.4, 0.5) is 17.1 Å². The third kappa shape index (κ3) is 7.85. The molecule has 0 radical (unpaired) electrons. The van der Waals surface area contributed by atoms with Gasteiger partial charge >= 0.3 is 0 Å². The van der Waals surface area contributed by atoms with Gasteiger partial charge in [-0.2, -0.15) is 0 Å². The fraction of sp³-hybridized carbons (Fsp3) is 0.152. The summed E-state index contributed by atoms with van der Waals surface area (Å²) in [5.74, 6) is -0.532. The van der Waals surface area contributed by atoms with E-state index in [9.17, 15) is 14.4 Å². The number of carbonyl (C=O) groups is 3. The molecule has 0 unspecified atom stereocenters. The maximum absolute atomic E-state index is 12.7. The Morgan fingerprint density at radius 2 is 1.56 bits per heavy atom. The maximum atomic E-state index is 12.7. The minimum absolute atomic E-state index is 0.277. The van der Waals surface area contributed by atoms with E-state index in [2.05, 4.69) is 20.4 Å². The summed E-state index contributed by atoms with van der Waals surface area (Å²) >= 11 is 6.33. The van der Waals surface area contributed by atoms with E-state index in [4.69, 9.17) is 16.3 Å². The van der Waals surface area contributed by atoms with E-state index in [0.29, 0.717) is 44.5 Å². The summed E-state index contributed by atoms with van der Waals surface area (Å²) in [6.07, 6.45) is 3.26. The summed E-state index contributed by atoms with van der Waals surface area (Å²) in [4.78, 5) is 43.4. The molecule has 43 heavy (non-hydrogen) atoms. The van der Waals surface area contributed by atoms with Crippen LogP contribution >= 0.6 is 11.6 Å². The van der Waals surface area contributed by atoms with Crippen LogP contribution in [0.15, 0.2) is 103 Å². The maximum Gasteiger partial charge on any atom is 0.266 e. The summed E-state index contributed by atoms with van der Waals surface area (Å²) in [6.45, 7) is 4.72. The van der Waals surface area contributed by atoms with Crippen LogP contribution in [0.1, 0.15) is 40.3 Å². The minimum Gasteiger partial charge on any atom is -0.486 e. The van der Waals surface area contributed by atoms with Crippen molar-refractivity contribution in [3.05, 3.63) is 125 Å². The minimum atomic E-state index is -0.350. The zero-order valence-electron chi connectivity index (χ0n) is 24.0. The van der Waals surface area contributed by atoms with Crippen LogP contribution in [0.3, 0.4) is 0 Å². The molecule has 10 heteroatoms. The van der Waals surface area contributed by atoms with Crippen LogP contribution in [0.25, 0.3) is 0 Å². The zero-order chi connectivity index (χ0) is 30.8. The van der Waals surface area contributed by atoms with Crippen molar-refractivity contribution in [1.29, 1.82) is 0 Å². The average Bonchev–Trinajstić information content (AvgIpc) is 3.29. The second-order valence-electron chi connectivity index (χ2n) is 9.30. The first kappa shape index (κ1) is 31.0. The molecule has 1 aromatic heterocycles. The lowest BCUT2D eigenvalue weighted by atomic mass is 10.1. The first-order chi connectivity index (χ1) is 20.8. The van der Waals surface area contributed by atoms with Gasteiger partial charge in [0.2, 0.25) is 0 Å². The molecule has 1 aliphatic heterocycles. The van der Waals surface area contributed by atoms with E-state index in [1.807, 2.05) is 25.1 Å². The zero-order valence-corrected chi connectivity index (χ0v) is 24.7. The highest BCUT2D eigenvalue weighted by atomic mass is 35.5. The molecule has 2 heterocycles. The van der Waals surface area contributed by atoms with Gasteiger partial charge in [0.25, 0.3) is 17.7 Å². The summed E-state index contributed by atoms with van der Waals surface area (Å²) in [5.41, 5.74) is 3.65. The van der Waals surface area contributed by atoms with Crippen LogP contribution < -0.4 is 20.3 Å². The van der Waals surface area contributed by atoms with Gasteiger partial charge in [-0.25, -0.2) is 4.90 Å². The molecular weight excluding hydrogens is 568 g/mol. The van der Waals surface area contributed by atoms with Crippen molar-refractivity contribution in [3.8, 4) is 5.75 Å². The number of hydrogen-bond acceptors (Lipinski definition) is 7. The highest BCUT2D eigenvalue weighted by Gasteiger charge is 2.36. The van der Waals surface area contributed by atoms with E-state index in [1.54, 1.807) is 93.2 Å². The fourth-order valence-electron chi connectivity index (χ4n) is 3.95. The standard InChI is InChI=1S/C30H23ClN4O4.C3H8O/c1-19(28(36)34-21-11-14-27(26(31)16-21)39-18-22-6-4-5-15-32-22)17-33-20-9-12-23(13-10-20)35-29(37)24-7-2-3-8-25(24)30(35)38;1-3-4-2/h2-17,33H,18H2,1H3,(H,34,36);3H2,1-2H3/b19-17+;. The lowest BCUT2D eigenvalue weighted by molar-refractivity contribution is -0.112. The van der Waals surface area contributed by atoms with Crippen LogP contribution in [0.2, 0.25) is 5.02 Å². The SMILES string of the molecule is C/C(=C\Nc1ccc(N2C(=O)c3ccccc3C2=O)cc1)C(=O)Nc1ccc(OCc2ccccn2)c(Cl)c1.CCOC. The van der Waals surface area contributed by atoms with Gasteiger partial charge in [0.05, 0.1) is 27.5 Å². The molecule has 0 atom stereocenters. The molecule has 1 aliphatic rings. The molecule has 2 N–H and O–H groups in total. The first-order valence-corrected chi connectivity index (χ1v) is 13.8. The van der Waals surface area contributed by atoms with E-state index < -0.39 is 0 Å². The number of benzene rings is 3. The molecule has 0 spiro atoms. The molecule has 0 saturated heterocycles. The second kappa shape index (κ2) is 14.8. The predicted octanol–water partition coefficient (Wildman–Crippen LogP) is 6.72. The number of nitrogens with zero attached hydrogens (tertiary/aromatic N) is 2. The predicted molar refractivity (Wildman–Crippen MR) is 168 cm³/mol. The van der Waals surface area contributed by atoms with Crippen molar-refractivity contribution in [1.82, 2.24) is 4.98 Å². The Morgan fingerprint density at radius 1 is 0.930 bits per heavy atom. The number of pyridine rings is 1. The topological polar surface area (TPSA) is 110 Å². The number of ether oxygens (including phenoxy) is 2. The number of anilines is 3.